The zero-order valence-corrected chi connectivity index (χ0v) is 16.5. The van der Waals surface area contributed by atoms with Crippen molar-refractivity contribution in [2.24, 2.45) is 5.92 Å². The highest BCUT2D eigenvalue weighted by Gasteiger charge is 2.33. The molecule has 0 bridgehead atoms. The van der Waals surface area contributed by atoms with Gasteiger partial charge in [0.25, 0.3) is 10.0 Å². The summed E-state index contributed by atoms with van der Waals surface area (Å²) >= 11 is 0. The molecule has 146 valence electrons. The molecule has 26 heavy (non-hydrogen) atoms. The molecule has 2 unspecified atom stereocenters. The van der Waals surface area contributed by atoms with Gasteiger partial charge < -0.3 is 10.4 Å². The average Bonchev–Trinajstić information content (AvgIpc) is 2.75. The number of rotatable bonds is 6. The molecule has 0 aromatic carbocycles. The predicted molar refractivity (Wildman–Crippen MR) is 99.0 cm³/mol. The van der Waals surface area contributed by atoms with Gasteiger partial charge in [-0.1, -0.05) is 19.9 Å². The third-order valence-corrected chi connectivity index (χ3v) is 6.31. The van der Waals surface area contributed by atoms with E-state index in [0.29, 0.717) is 37.4 Å². The maximum Gasteiger partial charge on any atom is 0.260 e. The minimum Gasteiger partial charge on any atom is -0.390 e. The summed E-state index contributed by atoms with van der Waals surface area (Å²) in [5.74, 6) is 0.335. The van der Waals surface area contributed by atoms with Gasteiger partial charge in [0, 0.05) is 25.2 Å². The summed E-state index contributed by atoms with van der Waals surface area (Å²) in [5, 5.41) is 13.3. The lowest BCUT2D eigenvalue weighted by Crippen LogP contribution is -2.47. The van der Waals surface area contributed by atoms with E-state index in [-0.39, 0.29) is 17.5 Å². The number of hydrogen-bond acceptors (Lipinski definition) is 5. The van der Waals surface area contributed by atoms with Crippen molar-refractivity contribution in [2.75, 3.05) is 13.1 Å². The van der Waals surface area contributed by atoms with Gasteiger partial charge in [-0.05, 0) is 44.2 Å². The van der Waals surface area contributed by atoms with Gasteiger partial charge in [-0.25, -0.2) is 13.4 Å². The van der Waals surface area contributed by atoms with E-state index >= 15 is 0 Å². The van der Waals surface area contributed by atoms with E-state index in [1.807, 2.05) is 0 Å². The molecule has 2 rings (SSSR count). The predicted octanol–water partition coefficient (Wildman–Crippen LogP) is 1.46. The standard InChI is InChI=1S/C18H29N3O4S/c1-13(2)9-10-17(23)20-15-7-5-11-21(12-16(15)22)26(24,25)18-8-4-6-14(3)19-18/h4,6,8,13,15-16,22H,5,7,9-12H2,1-3H3,(H,20,23). The number of sulfonamides is 1. The number of aliphatic hydroxyl groups excluding tert-OH is 1. The summed E-state index contributed by atoms with van der Waals surface area (Å²) in [6, 6.07) is 4.42. The monoisotopic (exact) mass is 383 g/mol. The van der Waals surface area contributed by atoms with E-state index in [9.17, 15) is 18.3 Å². The van der Waals surface area contributed by atoms with Gasteiger partial charge >= 0.3 is 0 Å². The Morgan fingerprint density at radius 2 is 2.15 bits per heavy atom. The fourth-order valence-electron chi connectivity index (χ4n) is 2.99. The molecule has 1 amide bonds. The van der Waals surface area contributed by atoms with Gasteiger partial charge in [0.2, 0.25) is 5.91 Å². The molecule has 0 saturated carbocycles. The van der Waals surface area contributed by atoms with Gasteiger partial charge in [0.1, 0.15) is 0 Å². The zero-order chi connectivity index (χ0) is 19.3. The molecule has 7 nitrogen and oxygen atoms in total. The molecule has 1 saturated heterocycles. The number of aromatic nitrogens is 1. The average molecular weight is 384 g/mol. The number of nitrogens with one attached hydrogen (secondary N) is 1. The van der Waals surface area contributed by atoms with Crippen LogP contribution in [0.4, 0.5) is 0 Å². The van der Waals surface area contributed by atoms with Crippen LogP contribution < -0.4 is 5.32 Å². The number of pyridine rings is 1. The molecule has 8 heteroatoms. The number of aryl methyl sites for hydroxylation is 1. The fraction of sp³-hybridized carbons (Fsp3) is 0.667. The van der Waals surface area contributed by atoms with Gasteiger partial charge in [0.15, 0.2) is 5.03 Å². The number of carbonyl (C=O) groups excluding carboxylic acids is 1. The van der Waals surface area contributed by atoms with Crippen molar-refractivity contribution < 1.29 is 18.3 Å². The minimum atomic E-state index is -3.76. The first-order chi connectivity index (χ1) is 12.2. The molecular weight excluding hydrogens is 354 g/mol. The van der Waals surface area contributed by atoms with Gasteiger partial charge in [-0.15, -0.1) is 0 Å². The maximum absolute atomic E-state index is 12.8. The molecule has 2 N–H and O–H groups in total. The molecule has 0 spiro atoms. The van der Waals surface area contributed by atoms with Crippen LogP contribution in [0.25, 0.3) is 0 Å². The van der Waals surface area contributed by atoms with Crippen LogP contribution >= 0.6 is 0 Å². The van der Waals surface area contributed by atoms with Crippen molar-refractivity contribution in [1.29, 1.82) is 0 Å². The first-order valence-electron chi connectivity index (χ1n) is 9.11. The van der Waals surface area contributed by atoms with E-state index in [4.69, 9.17) is 0 Å². The summed E-state index contributed by atoms with van der Waals surface area (Å²) in [6.45, 7) is 6.09. The second kappa shape index (κ2) is 8.92. The molecule has 1 aliphatic heterocycles. The Balaban J connectivity index is 2.04. The Morgan fingerprint density at radius 1 is 1.42 bits per heavy atom. The highest BCUT2D eigenvalue weighted by atomic mass is 32.2. The SMILES string of the molecule is Cc1cccc(S(=O)(=O)N2CCCC(NC(=O)CCC(C)C)C(O)C2)n1. The smallest absolute Gasteiger partial charge is 0.260 e. The van der Waals surface area contributed by atoms with Gasteiger partial charge in [-0.2, -0.15) is 4.31 Å². The van der Waals surface area contributed by atoms with Crippen LogP contribution in [0.15, 0.2) is 23.2 Å². The second-order valence-corrected chi connectivity index (χ2v) is 9.18. The molecule has 0 aliphatic carbocycles. The number of nitrogens with zero attached hydrogens (tertiary/aromatic N) is 2. The minimum absolute atomic E-state index is 0.0101. The number of amides is 1. The van der Waals surface area contributed by atoms with Crippen molar-refractivity contribution in [3.63, 3.8) is 0 Å². The summed E-state index contributed by atoms with van der Waals surface area (Å²) in [4.78, 5) is 16.1. The summed E-state index contributed by atoms with van der Waals surface area (Å²) in [7, 11) is -3.76. The third-order valence-electron chi connectivity index (χ3n) is 4.54. The Morgan fingerprint density at radius 3 is 2.81 bits per heavy atom. The lowest BCUT2D eigenvalue weighted by Gasteiger charge is -2.25. The fourth-order valence-corrected chi connectivity index (χ4v) is 4.48. The Bertz CT molecular complexity index is 721. The number of carbonyl (C=O) groups is 1. The Hall–Kier alpha value is -1.51. The first kappa shape index (κ1) is 20.8. The summed E-state index contributed by atoms with van der Waals surface area (Å²) < 4.78 is 26.9. The van der Waals surface area contributed by atoms with E-state index in [2.05, 4.69) is 24.1 Å². The van der Waals surface area contributed by atoms with E-state index in [1.54, 1.807) is 19.1 Å². The largest absolute Gasteiger partial charge is 0.390 e. The summed E-state index contributed by atoms with van der Waals surface area (Å²) in [6.07, 6.45) is 1.36. The molecule has 2 heterocycles. The second-order valence-electron chi connectivity index (χ2n) is 7.30. The Kier molecular flexibility index (Phi) is 7.14. The molecule has 2 atom stereocenters. The van der Waals surface area contributed by atoms with Crippen molar-refractivity contribution in [2.45, 2.75) is 63.6 Å². The molecule has 1 aromatic rings. The highest BCUT2D eigenvalue weighted by molar-refractivity contribution is 7.89. The van der Waals surface area contributed by atoms with Crippen molar-refractivity contribution in [3.8, 4) is 0 Å². The van der Waals surface area contributed by atoms with Crippen LogP contribution in [-0.4, -0.2) is 54.0 Å². The van der Waals surface area contributed by atoms with Crippen LogP contribution in [0.5, 0.6) is 0 Å². The van der Waals surface area contributed by atoms with E-state index in [1.165, 1.54) is 10.4 Å². The van der Waals surface area contributed by atoms with Crippen LogP contribution in [-0.2, 0) is 14.8 Å². The molecule has 1 aliphatic rings. The lowest BCUT2D eigenvalue weighted by molar-refractivity contribution is -0.122. The van der Waals surface area contributed by atoms with Crippen LogP contribution in [0.3, 0.4) is 0 Å². The molecule has 0 radical (unpaired) electrons. The Labute approximate surface area is 155 Å². The van der Waals surface area contributed by atoms with Crippen molar-refractivity contribution >= 4 is 15.9 Å². The number of aliphatic hydroxyl groups is 1. The van der Waals surface area contributed by atoms with Gasteiger partial charge in [0.05, 0.1) is 12.1 Å². The molecular formula is C18H29N3O4S. The number of β-amino-alcohol motifs (C(OH)–C–C–N with tert-alkyl or cyclic N) is 1. The van der Waals surface area contributed by atoms with Gasteiger partial charge in [-0.3, -0.25) is 4.79 Å². The maximum atomic E-state index is 12.8. The quantitative estimate of drug-likeness (QED) is 0.775. The number of hydrogen-bond donors (Lipinski definition) is 2. The molecule has 1 fully saturated rings. The normalized spacial score (nSPS) is 22.2. The van der Waals surface area contributed by atoms with Crippen molar-refractivity contribution in [1.82, 2.24) is 14.6 Å². The van der Waals surface area contributed by atoms with Crippen LogP contribution in [0.1, 0.15) is 45.2 Å². The van der Waals surface area contributed by atoms with E-state index < -0.39 is 22.2 Å². The highest BCUT2D eigenvalue weighted by Crippen LogP contribution is 2.20. The van der Waals surface area contributed by atoms with Crippen molar-refractivity contribution in [3.05, 3.63) is 23.9 Å². The van der Waals surface area contributed by atoms with Crippen LogP contribution in [0.2, 0.25) is 0 Å². The molecule has 1 aromatic heterocycles. The lowest BCUT2D eigenvalue weighted by atomic mass is 10.0. The summed E-state index contributed by atoms with van der Waals surface area (Å²) in [5.41, 5.74) is 0.622. The third kappa shape index (κ3) is 5.49. The topological polar surface area (TPSA) is 99.6 Å². The van der Waals surface area contributed by atoms with E-state index in [0.717, 1.165) is 6.42 Å². The first-order valence-corrected chi connectivity index (χ1v) is 10.6. The van der Waals surface area contributed by atoms with Crippen LogP contribution in [0, 0.1) is 12.8 Å². The zero-order valence-electron chi connectivity index (χ0n) is 15.7.